The van der Waals surface area contributed by atoms with Gasteiger partial charge in [-0.2, -0.15) is 5.10 Å². The first kappa shape index (κ1) is 15.1. The van der Waals surface area contributed by atoms with Crippen molar-refractivity contribution in [1.82, 2.24) is 14.6 Å². The van der Waals surface area contributed by atoms with Gasteiger partial charge in [-0.3, -0.25) is 0 Å². The number of ether oxygens (including phenoxy) is 1. The number of aryl methyl sites for hydroxylation is 1. The summed E-state index contributed by atoms with van der Waals surface area (Å²) in [5, 5.41) is 4.91. The van der Waals surface area contributed by atoms with Gasteiger partial charge < -0.3 is 4.74 Å². The third-order valence-corrected chi connectivity index (χ3v) is 3.58. The lowest BCUT2D eigenvalue weighted by molar-refractivity contribution is 0.0527. The largest absolute Gasteiger partial charge is 0.462 e. The Bertz CT molecular complexity index is 680. The summed E-state index contributed by atoms with van der Waals surface area (Å²) in [6.45, 7) is 7.65. The summed E-state index contributed by atoms with van der Waals surface area (Å²) in [6.07, 6.45) is 0. The molecule has 2 rings (SSSR count). The predicted molar refractivity (Wildman–Crippen MR) is 77.8 cm³/mol. The monoisotopic (exact) mass is 315 g/mol. The first-order chi connectivity index (χ1) is 9.38. The fraction of sp³-hybridized carbons (Fsp3) is 0.462. The molecule has 2 heterocycles. The van der Waals surface area contributed by atoms with Crippen molar-refractivity contribution < 1.29 is 9.53 Å². The molecule has 0 radical (unpaired) electrons. The number of carbonyl (C=O) groups is 1. The minimum atomic E-state index is -0.475. The van der Waals surface area contributed by atoms with Crippen molar-refractivity contribution in [1.29, 1.82) is 0 Å². The van der Waals surface area contributed by atoms with Crippen LogP contribution in [-0.2, 0) is 4.74 Å². The van der Waals surface area contributed by atoms with Gasteiger partial charge in [0.15, 0.2) is 5.65 Å². The van der Waals surface area contributed by atoms with Crippen molar-refractivity contribution in [2.75, 3.05) is 6.61 Å². The van der Waals surface area contributed by atoms with E-state index in [2.05, 4.69) is 10.1 Å². The smallest absolute Gasteiger partial charge is 0.343 e. The van der Waals surface area contributed by atoms with Crippen LogP contribution in [0.2, 0.25) is 10.3 Å². The van der Waals surface area contributed by atoms with Crippen molar-refractivity contribution in [3.8, 4) is 0 Å². The Morgan fingerprint density at radius 2 is 2.05 bits per heavy atom. The summed E-state index contributed by atoms with van der Waals surface area (Å²) in [6, 6.07) is 0. The van der Waals surface area contributed by atoms with Crippen molar-refractivity contribution in [2.24, 2.45) is 0 Å². The molecular formula is C13H15Cl2N3O2. The highest BCUT2D eigenvalue weighted by atomic mass is 35.5. The molecule has 0 fully saturated rings. The highest BCUT2D eigenvalue weighted by Crippen LogP contribution is 2.32. The summed E-state index contributed by atoms with van der Waals surface area (Å²) in [5.74, 6) is -0.376. The van der Waals surface area contributed by atoms with Gasteiger partial charge in [-0.25, -0.2) is 14.3 Å². The second kappa shape index (κ2) is 5.58. The van der Waals surface area contributed by atoms with Crippen molar-refractivity contribution in [3.63, 3.8) is 0 Å². The summed E-state index contributed by atoms with van der Waals surface area (Å²) in [5.41, 5.74) is 1.83. The molecule has 0 N–H and O–H groups in total. The average Bonchev–Trinajstić information content (AvgIpc) is 2.65. The number of esters is 1. The Hall–Kier alpha value is -1.33. The van der Waals surface area contributed by atoms with Gasteiger partial charge in [-0.1, -0.05) is 37.0 Å². The zero-order chi connectivity index (χ0) is 15.0. The zero-order valence-corrected chi connectivity index (χ0v) is 13.2. The number of carbonyl (C=O) groups excluding carboxylic acids is 1. The van der Waals surface area contributed by atoms with Crippen LogP contribution in [-0.4, -0.2) is 27.2 Å². The normalized spacial score (nSPS) is 11.3. The van der Waals surface area contributed by atoms with Crippen LogP contribution in [0.1, 0.15) is 48.3 Å². The first-order valence-corrected chi connectivity index (χ1v) is 7.05. The standard InChI is InChI=1S/C13H15Cl2N3O2/c1-5-20-13(19)9-7(4)17-18-11(15)8(6(2)3)10(14)16-12(9)18/h6H,5H2,1-4H3. The predicted octanol–water partition coefficient (Wildman–Crippen LogP) is 3.64. The molecule has 5 nitrogen and oxygen atoms in total. The molecule has 7 heteroatoms. The van der Waals surface area contributed by atoms with Crippen LogP contribution >= 0.6 is 23.2 Å². The molecule has 0 bridgehead atoms. The fourth-order valence-corrected chi connectivity index (χ4v) is 2.89. The minimum Gasteiger partial charge on any atom is -0.462 e. The Balaban J connectivity index is 2.76. The van der Waals surface area contributed by atoms with Gasteiger partial charge in [-0.15, -0.1) is 0 Å². The third-order valence-electron chi connectivity index (χ3n) is 2.93. The van der Waals surface area contributed by atoms with Crippen LogP contribution in [0.4, 0.5) is 0 Å². The molecule has 108 valence electrons. The van der Waals surface area contributed by atoms with Gasteiger partial charge >= 0.3 is 5.97 Å². The number of hydrogen-bond donors (Lipinski definition) is 0. The van der Waals surface area contributed by atoms with Crippen molar-refractivity contribution in [3.05, 3.63) is 27.1 Å². The number of halogens is 2. The molecule has 0 saturated heterocycles. The fourth-order valence-electron chi connectivity index (χ4n) is 2.03. The zero-order valence-electron chi connectivity index (χ0n) is 11.7. The van der Waals surface area contributed by atoms with Crippen LogP contribution in [0.25, 0.3) is 5.65 Å². The van der Waals surface area contributed by atoms with E-state index in [0.717, 1.165) is 0 Å². The van der Waals surface area contributed by atoms with Gasteiger partial charge in [0.25, 0.3) is 0 Å². The van der Waals surface area contributed by atoms with Crippen molar-refractivity contribution >= 4 is 34.8 Å². The van der Waals surface area contributed by atoms with E-state index >= 15 is 0 Å². The molecular weight excluding hydrogens is 301 g/mol. The number of rotatable bonds is 3. The molecule has 0 aliphatic carbocycles. The van der Waals surface area contributed by atoms with E-state index in [1.165, 1.54) is 4.52 Å². The third kappa shape index (κ3) is 2.36. The lowest BCUT2D eigenvalue weighted by Crippen LogP contribution is -2.07. The molecule has 0 aliphatic rings. The summed E-state index contributed by atoms with van der Waals surface area (Å²) in [4.78, 5) is 16.2. The lowest BCUT2D eigenvalue weighted by Gasteiger charge is -2.11. The van der Waals surface area contributed by atoms with Crippen LogP contribution < -0.4 is 0 Å². The minimum absolute atomic E-state index is 0.0995. The molecule has 0 unspecified atom stereocenters. The summed E-state index contributed by atoms with van der Waals surface area (Å²) < 4.78 is 6.45. The van der Waals surface area contributed by atoms with Crippen LogP contribution in [0, 0.1) is 6.92 Å². The molecule has 20 heavy (non-hydrogen) atoms. The topological polar surface area (TPSA) is 56.5 Å². The highest BCUT2D eigenvalue weighted by molar-refractivity contribution is 6.35. The van der Waals surface area contributed by atoms with Gasteiger partial charge in [0, 0.05) is 5.56 Å². The van der Waals surface area contributed by atoms with Crippen LogP contribution in [0.3, 0.4) is 0 Å². The number of aromatic nitrogens is 3. The van der Waals surface area contributed by atoms with Crippen LogP contribution in [0.5, 0.6) is 0 Å². The maximum absolute atomic E-state index is 12.0. The van der Waals surface area contributed by atoms with E-state index in [4.69, 9.17) is 27.9 Å². The molecule has 2 aromatic heterocycles. The van der Waals surface area contributed by atoms with E-state index in [1.807, 2.05) is 13.8 Å². The summed E-state index contributed by atoms with van der Waals surface area (Å²) >= 11 is 12.5. The van der Waals surface area contributed by atoms with Gasteiger partial charge in [0.1, 0.15) is 15.9 Å². The van der Waals surface area contributed by atoms with E-state index in [1.54, 1.807) is 13.8 Å². The van der Waals surface area contributed by atoms with Gasteiger partial charge in [0.05, 0.1) is 12.3 Å². The Morgan fingerprint density at radius 1 is 1.40 bits per heavy atom. The van der Waals surface area contributed by atoms with Crippen molar-refractivity contribution in [2.45, 2.75) is 33.6 Å². The van der Waals surface area contributed by atoms with E-state index < -0.39 is 5.97 Å². The quantitative estimate of drug-likeness (QED) is 0.641. The molecule has 0 saturated carbocycles. The Morgan fingerprint density at radius 3 is 2.60 bits per heavy atom. The van der Waals surface area contributed by atoms with E-state index in [-0.39, 0.29) is 17.7 Å². The van der Waals surface area contributed by atoms with E-state index in [0.29, 0.717) is 27.6 Å². The number of hydrogen-bond acceptors (Lipinski definition) is 4. The Kier molecular flexibility index (Phi) is 4.20. The van der Waals surface area contributed by atoms with Gasteiger partial charge in [0.2, 0.25) is 0 Å². The molecule has 0 aliphatic heterocycles. The number of fused-ring (bicyclic) bond motifs is 1. The molecule has 0 atom stereocenters. The molecule has 0 amide bonds. The highest BCUT2D eigenvalue weighted by Gasteiger charge is 2.24. The van der Waals surface area contributed by atoms with E-state index in [9.17, 15) is 4.79 Å². The second-order valence-corrected chi connectivity index (χ2v) is 5.39. The molecule has 0 spiro atoms. The SMILES string of the molecule is CCOC(=O)c1c(C)nn2c(Cl)c(C(C)C)c(Cl)nc12. The van der Waals surface area contributed by atoms with Crippen LogP contribution in [0.15, 0.2) is 0 Å². The first-order valence-electron chi connectivity index (χ1n) is 6.29. The molecule has 2 aromatic rings. The lowest BCUT2D eigenvalue weighted by atomic mass is 10.1. The maximum Gasteiger partial charge on any atom is 0.343 e. The summed E-state index contributed by atoms with van der Waals surface area (Å²) in [7, 11) is 0. The van der Waals surface area contributed by atoms with Gasteiger partial charge in [-0.05, 0) is 19.8 Å². The maximum atomic E-state index is 12.0. The Labute approximate surface area is 126 Å². The molecule has 0 aromatic carbocycles. The number of nitrogens with zero attached hydrogens (tertiary/aromatic N) is 3. The second-order valence-electron chi connectivity index (χ2n) is 4.68. The average molecular weight is 316 g/mol.